The second kappa shape index (κ2) is 7.20. The second-order valence-electron chi connectivity index (χ2n) is 5.43. The molecule has 5 heteroatoms. The van der Waals surface area contributed by atoms with Crippen molar-refractivity contribution in [3.8, 4) is 0 Å². The fourth-order valence-corrected chi connectivity index (χ4v) is 2.73. The van der Waals surface area contributed by atoms with Gasteiger partial charge in [-0.3, -0.25) is 9.59 Å². The van der Waals surface area contributed by atoms with Crippen LogP contribution in [-0.4, -0.2) is 47.8 Å². The van der Waals surface area contributed by atoms with Gasteiger partial charge in [-0.1, -0.05) is 18.7 Å². The van der Waals surface area contributed by atoms with Gasteiger partial charge in [-0.15, -0.1) is 0 Å². The lowest BCUT2D eigenvalue weighted by molar-refractivity contribution is -0.137. The molecule has 1 aliphatic rings. The van der Waals surface area contributed by atoms with Crippen molar-refractivity contribution >= 4 is 11.8 Å². The van der Waals surface area contributed by atoms with E-state index in [9.17, 15) is 14.0 Å². The first-order valence-corrected chi connectivity index (χ1v) is 7.49. The van der Waals surface area contributed by atoms with Crippen LogP contribution < -0.4 is 0 Å². The maximum Gasteiger partial charge on any atom is 0.246 e. The average molecular weight is 304 g/mol. The van der Waals surface area contributed by atoms with E-state index in [0.29, 0.717) is 19.6 Å². The summed E-state index contributed by atoms with van der Waals surface area (Å²) >= 11 is 0. The Hall–Kier alpha value is -2.17. The number of halogens is 1. The summed E-state index contributed by atoms with van der Waals surface area (Å²) in [6, 6.07) is 6.43. The summed E-state index contributed by atoms with van der Waals surface area (Å²) in [5.74, 6) is -0.308. The van der Waals surface area contributed by atoms with Gasteiger partial charge in [0.15, 0.2) is 0 Å². The number of amides is 2. The number of hydrogen-bond donors (Lipinski definition) is 0. The summed E-state index contributed by atoms with van der Waals surface area (Å²) in [4.78, 5) is 27.2. The highest BCUT2D eigenvalue weighted by atomic mass is 19.1. The van der Waals surface area contributed by atoms with Crippen LogP contribution in [-0.2, 0) is 9.59 Å². The smallest absolute Gasteiger partial charge is 0.246 e. The van der Waals surface area contributed by atoms with Crippen LogP contribution >= 0.6 is 0 Å². The summed E-state index contributed by atoms with van der Waals surface area (Å²) in [5, 5.41) is 0. The van der Waals surface area contributed by atoms with Crippen molar-refractivity contribution in [1.82, 2.24) is 9.80 Å². The first-order chi connectivity index (χ1) is 10.5. The maximum absolute atomic E-state index is 13.0. The highest BCUT2D eigenvalue weighted by Gasteiger charge is 2.28. The Kier molecular flexibility index (Phi) is 5.31. The van der Waals surface area contributed by atoms with Crippen LogP contribution in [0.25, 0.3) is 0 Å². The van der Waals surface area contributed by atoms with E-state index >= 15 is 0 Å². The summed E-state index contributed by atoms with van der Waals surface area (Å²) < 4.78 is 13.0. The van der Waals surface area contributed by atoms with Gasteiger partial charge in [0.25, 0.3) is 0 Å². The van der Waals surface area contributed by atoms with Gasteiger partial charge >= 0.3 is 0 Å². The molecule has 1 saturated heterocycles. The lowest BCUT2D eigenvalue weighted by atomic mass is 9.99. The average Bonchev–Trinajstić information content (AvgIpc) is 3.02. The predicted octanol–water partition coefficient (Wildman–Crippen LogP) is 2.18. The van der Waals surface area contributed by atoms with Gasteiger partial charge in [-0.2, -0.15) is 0 Å². The Balaban J connectivity index is 1.94. The van der Waals surface area contributed by atoms with E-state index in [-0.39, 0.29) is 30.1 Å². The fraction of sp³-hybridized carbons (Fsp3) is 0.412. The molecule has 0 aromatic heterocycles. The highest BCUT2D eigenvalue weighted by molar-refractivity contribution is 5.91. The zero-order valence-electron chi connectivity index (χ0n) is 12.8. The third kappa shape index (κ3) is 3.72. The molecule has 1 aromatic carbocycles. The molecule has 2 rings (SSSR count). The molecule has 0 N–H and O–H groups in total. The first kappa shape index (κ1) is 16.2. The third-order valence-corrected chi connectivity index (χ3v) is 4.08. The van der Waals surface area contributed by atoms with Gasteiger partial charge < -0.3 is 9.80 Å². The van der Waals surface area contributed by atoms with Crippen LogP contribution in [0.4, 0.5) is 4.39 Å². The lowest BCUT2D eigenvalue weighted by Gasteiger charge is -2.23. The minimum Gasteiger partial charge on any atom is -0.341 e. The number of carbonyl (C=O) groups excluding carboxylic acids is 2. The maximum atomic E-state index is 13.0. The molecule has 0 radical (unpaired) electrons. The second-order valence-corrected chi connectivity index (χ2v) is 5.43. The molecule has 0 bridgehead atoms. The molecule has 118 valence electrons. The predicted molar refractivity (Wildman–Crippen MR) is 82.8 cm³/mol. The van der Waals surface area contributed by atoms with Crippen molar-refractivity contribution in [1.29, 1.82) is 0 Å². The number of likely N-dealkylation sites (N-methyl/N-ethyl adjacent to an activating group) is 1. The first-order valence-electron chi connectivity index (χ1n) is 7.49. The number of carbonyl (C=O) groups is 2. The Bertz CT molecular complexity index is 556. The van der Waals surface area contributed by atoms with Gasteiger partial charge in [0.05, 0.1) is 6.54 Å². The Labute approximate surface area is 130 Å². The molecule has 1 aliphatic heterocycles. The van der Waals surface area contributed by atoms with E-state index in [2.05, 4.69) is 6.58 Å². The third-order valence-electron chi connectivity index (χ3n) is 4.08. The Morgan fingerprint density at radius 3 is 2.68 bits per heavy atom. The number of likely N-dealkylation sites (tertiary alicyclic amines) is 1. The van der Waals surface area contributed by atoms with Crippen LogP contribution in [0, 0.1) is 5.82 Å². The van der Waals surface area contributed by atoms with Gasteiger partial charge in [0, 0.05) is 25.6 Å². The lowest BCUT2D eigenvalue weighted by Crippen LogP contribution is -2.41. The van der Waals surface area contributed by atoms with E-state index in [1.54, 1.807) is 17.0 Å². The van der Waals surface area contributed by atoms with E-state index in [1.807, 2.05) is 6.92 Å². The van der Waals surface area contributed by atoms with Crippen molar-refractivity contribution in [2.24, 2.45) is 0 Å². The van der Waals surface area contributed by atoms with E-state index < -0.39 is 0 Å². The van der Waals surface area contributed by atoms with Crippen LogP contribution in [0.2, 0.25) is 0 Å². The molecule has 1 unspecified atom stereocenters. The number of benzene rings is 1. The minimum atomic E-state index is -0.254. The van der Waals surface area contributed by atoms with Gasteiger partial charge in [-0.25, -0.2) is 4.39 Å². The molecule has 1 atom stereocenters. The molecule has 1 fully saturated rings. The van der Waals surface area contributed by atoms with Crippen molar-refractivity contribution in [3.05, 3.63) is 48.3 Å². The molecule has 4 nitrogen and oxygen atoms in total. The van der Waals surface area contributed by atoms with Crippen LogP contribution in [0.5, 0.6) is 0 Å². The molecule has 0 spiro atoms. The molecule has 2 amide bonds. The van der Waals surface area contributed by atoms with Gasteiger partial charge in [0.1, 0.15) is 5.82 Å². The summed E-state index contributed by atoms with van der Waals surface area (Å²) in [5.41, 5.74) is 1.05. The molecular formula is C17H21FN2O2. The minimum absolute atomic E-state index is 0.0540. The SMILES string of the molecule is C=CC(=O)N(CC)CC(=O)N1CCC(c2ccc(F)cc2)C1. The van der Waals surface area contributed by atoms with Crippen molar-refractivity contribution in [3.63, 3.8) is 0 Å². The molecular weight excluding hydrogens is 283 g/mol. The summed E-state index contributed by atoms with van der Waals surface area (Å²) in [6.45, 7) is 7.12. The van der Waals surface area contributed by atoms with E-state index in [1.165, 1.54) is 23.1 Å². The number of hydrogen-bond acceptors (Lipinski definition) is 2. The quantitative estimate of drug-likeness (QED) is 0.782. The summed E-state index contributed by atoms with van der Waals surface area (Å²) in [7, 11) is 0. The zero-order valence-corrected chi connectivity index (χ0v) is 12.8. The highest BCUT2D eigenvalue weighted by Crippen LogP contribution is 2.27. The van der Waals surface area contributed by atoms with Crippen LogP contribution in [0.1, 0.15) is 24.8 Å². The fourth-order valence-electron chi connectivity index (χ4n) is 2.73. The Morgan fingerprint density at radius 1 is 1.41 bits per heavy atom. The molecule has 22 heavy (non-hydrogen) atoms. The molecule has 1 heterocycles. The van der Waals surface area contributed by atoms with Gasteiger partial charge in [0.2, 0.25) is 11.8 Å². The van der Waals surface area contributed by atoms with Crippen molar-refractivity contribution in [2.75, 3.05) is 26.2 Å². The zero-order chi connectivity index (χ0) is 16.1. The van der Waals surface area contributed by atoms with Crippen LogP contribution in [0.3, 0.4) is 0 Å². The van der Waals surface area contributed by atoms with E-state index in [4.69, 9.17) is 0 Å². The van der Waals surface area contributed by atoms with Gasteiger partial charge in [-0.05, 0) is 37.1 Å². The normalized spacial score (nSPS) is 17.4. The van der Waals surface area contributed by atoms with Crippen molar-refractivity contribution in [2.45, 2.75) is 19.3 Å². The topological polar surface area (TPSA) is 40.6 Å². The molecule has 1 aromatic rings. The number of nitrogens with zero attached hydrogens (tertiary/aromatic N) is 2. The standard InChI is InChI=1S/C17H21FN2O2/c1-3-16(21)19(4-2)12-17(22)20-10-9-14(11-20)13-5-7-15(18)8-6-13/h3,5-8,14H,1,4,9-12H2,2H3. The van der Waals surface area contributed by atoms with Crippen molar-refractivity contribution < 1.29 is 14.0 Å². The summed E-state index contributed by atoms with van der Waals surface area (Å²) in [6.07, 6.45) is 2.08. The number of rotatable bonds is 5. The monoisotopic (exact) mass is 304 g/mol. The van der Waals surface area contributed by atoms with Crippen LogP contribution in [0.15, 0.2) is 36.9 Å². The Morgan fingerprint density at radius 2 is 2.09 bits per heavy atom. The van der Waals surface area contributed by atoms with E-state index in [0.717, 1.165) is 12.0 Å². The molecule has 0 aliphatic carbocycles. The largest absolute Gasteiger partial charge is 0.341 e. The molecule has 0 saturated carbocycles.